The smallest absolute Gasteiger partial charge is 0.410 e. The van der Waals surface area contributed by atoms with Crippen LogP contribution < -0.4 is 0 Å². The number of hydrogen-bond acceptors (Lipinski definition) is 4. The summed E-state index contributed by atoms with van der Waals surface area (Å²) in [6.45, 7) is 8.96. The van der Waals surface area contributed by atoms with Crippen molar-refractivity contribution < 1.29 is 19.4 Å². The molecule has 0 aromatic carbocycles. The maximum absolute atomic E-state index is 12.6. The van der Waals surface area contributed by atoms with Gasteiger partial charge in [-0.05, 0) is 47.0 Å². The number of likely N-dealkylation sites (tertiary alicyclic amines) is 2. The normalized spacial score (nSPS) is 24.7. The minimum atomic E-state index is -0.559. The van der Waals surface area contributed by atoms with Crippen molar-refractivity contribution in [3.8, 4) is 0 Å². The van der Waals surface area contributed by atoms with E-state index in [4.69, 9.17) is 4.74 Å². The van der Waals surface area contributed by atoms with Crippen LogP contribution in [-0.2, 0) is 9.53 Å². The minimum Gasteiger partial charge on any atom is -0.444 e. The molecule has 2 atom stereocenters. The summed E-state index contributed by atoms with van der Waals surface area (Å²) in [5, 5.41) is 9.53. The van der Waals surface area contributed by atoms with Crippen LogP contribution in [0.4, 0.5) is 4.79 Å². The summed E-state index contributed by atoms with van der Waals surface area (Å²) in [7, 11) is 0. The summed E-state index contributed by atoms with van der Waals surface area (Å²) in [5.74, 6) is 0.143. The first-order valence-corrected chi connectivity index (χ1v) is 8.15. The molecule has 0 spiro atoms. The van der Waals surface area contributed by atoms with Gasteiger partial charge in [0.2, 0.25) is 5.91 Å². The second-order valence-electron chi connectivity index (χ2n) is 7.43. The first-order chi connectivity index (χ1) is 10.2. The highest BCUT2D eigenvalue weighted by Crippen LogP contribution is 2.26. The summed E-state index contributed by atoms with van der Waals surface area (Å²) >= 11 is 0. The van der Waals surface area contributed by atoms with Gasteiger partial charge in [-0.25, -0.2) is 4.79 Å². The Hall–Kier alpha value is -1.30. The lowest BCUT2D eigenvalue weighted by Gasteiger charge is -2.45. The first kappa shape index (κ1) is 17.1. The van der Waals surface area contributed by atoms with Gasteiger partial charge in [0.05, 0.1) is 6.10 Å². The van der Waals surface area contributed by atoms with Gasteiger partial charge in [0, 0.05) is 25.6 Å². The maximum atomic E-state index is 12.6. The largest absolute Gasteiger partial charge is 0.444 e. The Morgan fingerprint density at radius 2 is 1.86 bits per heavy atom. The van der Waals surface area contributed by atoms with Crippen molar-refractivity contribution in [2.75, 3.05) is 19.6 Å². The zero-order valence-corrected chi connectivity index (χ0v) is 14.0. The van der Waals surface area contributed by atoms with E-state index in [9.17, 15) is 14.7 Å². The molecule has 6 nitrogen and oxygen atoms in total. The third-order valence-electron chi connectivity index (χ3n) is 4.32. The molecule has 0 aliphatic carbocycles. The van der Waals surface area contributed by atoms with Crippen LogP contribution in [0.25, 0.3) is 0 Å². The predicted molar refractivity (Wildman–Crippen MR) is 82.3 cm³/mol. The Morgan fingerprint density at radius 1 is 1.23 bits per heavy atom. The molecule has 0 unspecified atom stereocenters. The Balaban J connectivity index is 1.98. The first-order valence-electron chi connectivity index (χ1n) is 8.15. The number of nitrogens with zero attached hydrogens (tertiary/aromatic N) is 2. The number of hydrogen-bond donors (Lipinski definition) is 1. The molecule has 0 aromatic rings. The van der Waals surface area contributed by atoms with E-state index in [1.165, 1.54) is 0 Å². The highest BCUT2D eigenvalue weighted by molar-refractivity contribution is 5.86. The van der Waals surface area contributed by atoms with Crippen LogP contribution in [0, 0.1) is 5.92 Å². The Labute approximate surface area is 132 Å². The van der Waals surface area contributed by atoms with Gasteiger partial charge in [0.25, 0.3) is 0 Å². The number of rotatable bonds is 2. The maximum Gasteiger partial charge on any atom is 0.410 e. The van der Waals surface area contributed by atoms with E-state index in [1.54, 1.807) is 16.7 Å². The molecule has 0 bridgehead atoms. The molecule has 0 radical (unpaired) electrons. The summed E-state index contributed by atoms with van der Waals surface area (Å²) in [6.07, 6.45) is 1.74. The molecule has 0 saturated carbocycles. The van der Waals surface area contributed by atoms with E-state index in [0.717, 1.165) is 12.8 Å². The van der Waals surface area contributed by atoms with Crippen molar-refractivity contribution in [2.45, 2.75) is 64.7 Å². The van der Waals surface area contributed by atoms with Crippen LogP contribution in [0.3, 0.4) is 0 Å². The van der Waals surface area contributed by atoms with Gasteiger partial charge in [-0.2, -0.15) is 0 Å². The summed E-state index contributed by atoms with van der Waals surface area (Å²) < 4.78 is 5.42. The number of aliphatic hydroxyl groups excluding tert-OH is 1. The average molecular weight is 312 g/mol. The molecule has 2 saturated heterocycles. The van der Waals surface area contributed by atoms with Crippen LogP contribution in [0.5, 0.6) is 0 Å². The molecule has 2 amide bonds. The van der Waals surface area contributed by atoms with Crippen LogP contribution in [0.1, 0.15) is 47.0 Å². The van der Waals surface area contributed by atoms with Gasteiger partial charge < -0.3 is 14.7 Å². The van der Waals surface area contributed by atoms with Crippen LogP contribution in [0.2, 0.25) is 0 Å². The number of aliphatic hydroxyl groups is 1. The number of piperidine rings is 1. The van der Waals surface area contributed by atoms with E-state index < -0.39 is 23.8 Å². The lowest BCUT2D eigenvalue weighted by Crippen LogP contribution is -2.61. The molecule has 2 aliphatic heterocycles. The van der Waals surface area contributed by atoms with Crippen molar-refractivity contribution in [2.24, 2.45) is 5.92 Å². The number of carbonyl (C=O) groups is 2. The molecular weight excluding hydrogens is 284 g/mol. The predicted octanol–water partition coefficient (Wildman–Crippen LogP) is 1.62. The molecule has 2 aliphatic rings. The number of ether oxygens (including phenoxy) is 1. The number of amides is 2. The molecular formula is C16H28N2O4. The molecule has 2 rings (SSSR count). The molecule has 2 fully saturated rings. The minimum absolute atomic E-state index is 0.0116. The SMILES string of the molecule is C[C@@H](O)C1CN(C(=O)[C@H]2CCCCN2C(=O)OC(C)(C)C)C1. The molecule has 22 heavy (non-hydrogen) atoms. The fourth-order valence-electron chi connectivity index (χ4n) is 2.94. The van der Waals surface area contributed by atoms with E-state index in [1.807, 2.05) is 20.8 Å². The molecule has 0 aromatic heterocycles. The van der Waals surface area contributed by atoms with Crippen molar-refractivity contribution in [1.82, 2.24) is 9.80 Å². The van der Waals surface area contributed by atoms with E-state index in [0.29, 0.717) is 26.1 Å². The second-order valence-corrected chi connectivity index (χ2v) is 7.43. The third kappa shape index (κ3) is 3.91. The van der Waals surface area contributed by atoms with Gasteiger partial charge in [-0.1, -0.05) is 0 Å². The van der Waals surface area contributed by atoms with E-state index >= 15 is 0 Å². The fraction of sp³-hybridized carbons (Fsp3) is 0.875. The van der Waals surface area contributed by atoms with Crippen molar-refractivity contribution in [1.29, 1.82) is 0 Å². The van der Waals surface area contributed by atoms with Crippen LogP contribution in [-0.4, -0.2) is 64.3 Å². The Kier molecular flexibility index (Phi) is 5.00. The lowest BCUT2D eigenvalue weighted by molar-refractivity contribution is -0.147. The van der Waals surface area contributed by atoms with Crippen molar-refractivity contribution in [3.05, 3.63) is 0 Å². The van der Waals surface area contributed by atoms with Gasteiger partial charge in [-0.3, -0.25) is 9.69 Å². The monoisotopic (exact) mass is 312 g/mol. The zero-order chi connectivity index (χ0) is 16.5. The molecule has 6 heteroatoms. The van der Waals surface area contributed by atoms with Gasteiger partial charge >= 0.3 is 6.09 Å². The van der Waals surface area contributed by atoms with Crippen LogP contribution in [0.15, 0.2) is 0 Å². The lowest BCUT2D eigenvalue weighted by atomic mass is 9.92. The highest BCUT2D eigenvalue weighted by Gasteiger charge is 2.41. The summed E-state index contributed by atoms with van der Waals surface area (Å²) in [5.41, 5.74) is -0.559. The van der Waals surface area contributed by atoms with Crippen molar-refractivity contribution >= 4 is 12.0 Å². The fourth-order valence-corrected chi connectivity index (χ4v) is 2.94. The molecule has 1 N–H and O–H groups in total. The van der Waals surface area contributed by atoms with Gasteiger partial charge in [0.15, 0.2) is 0 Å². The topological polar surface area (TPSA) is 70.1 Å². The highest BCUT2D eigenvalue weighted by atomic mass is 16.6. The van der Waals surface area contributed by atoms with Crippen LogP contribution >= 0.6 is 0 Å². The standard InChI is InChI=1S/C16H28N2O4/c1-11(19)12-9-17(10-12)14(20)13-7-5-6-8-18(13)15(21)22-16(2,3)4/h11-13,19H,5-10H2,1-4H3/t11-,13-/m1/s1. The van der Waals surface area contributed by atoms with Gasteiger partial charge in [0.1, 0.15) is 11.6 Å². The summed E-state index contributed by atoms with van der Waals surface area (Å²) in [4.78, 5) is 28.3. The third-order valence-corrected chi connectivity index (χ3v) is 4.32. The molecule has 126 valence electrons. The quantitative estimate of drug-likeness (QED) is 0.841. The Morgan fingerprint density at radius 3 is 2.41 bits per heavy atom. The average Bonchev–Trinajstić information content (AvgIpc) is 2.34. The summed E-state index contributed by atoms with van der Waals surface area (Å²) in [6, 6.07) is -0.418. The Bertz CT molecular complexity index is 424. The van der Waals surface area contributed by atoms with Gasteiger partial charge in [-0.15, -0.1) is 0 Å². The van der Waals surface area contributed by atoms with E-state index in [2.05, 4.69) is 0 Å². The van der Waals surface area contributed by atoms with Crippen molar-refractivity contribution in [3.63, 3.8) is 0 Å². The number of carbonyl (C=O) groups excluding carboxylic acids is 2. The zero-order valence-electron chi connectivity index (χ0n) is 14.0. The second kappa shape index (κ2) is 6.44. The van der Waals surface area contributed by atoms with E-state index in [-0.39, 0.29) is 11.8 Å². The molecule has 2 heterocycles.